The number of allylic oxidation sites excluding steroid dienone is 2. The minimum absolute atomic E-state index is 0.0457. The Morgan fingerprint density at radius 2 is 1.96 bits per heavy atom. The van der Waals surface area contributed by atoms with Crippen molar-refractivity contribution < 1.29 is 9.18 Å². The van der Waals surface area contributed by atoms with E-state index >= 15 is 0 Å². The van der Waals surface area contributed by atoms with Gasteiger partial charge in [-0.2, -0.15) is 0 Å². The van der Waals surface area contributed by atoms with Gasteiger partial charge in [0.2, 0.25) is 0 Å². The number of benzene rings is 2. The van der Waals surface area contributed by atoms with Crippen molar-refractivity contribution in [3.05, 3.63) is 81.5 Å². The van der Waals surface area contributed by atoms with Gasteiger partial charge in [0.05, 0.1) is 15.6 Å². The van der Waals surface area contributed by atoms with Crippen molar-refractivity contribution in [1.82, 2.24) is 0 Å². The molecule has 6 heteroatoms. The first-order valence-electron chi connectivity index (χ1n) is 7.42. The van der Waals surface area contributed by atoms with Crippen molar-refractivity contribution >= 4 is 57.6 Å². The summed E-state index contributed by atoms with van der Waals surface area (Å²) in [4.78, 5) is 14.6. The van der Waals surface area contributed by atoms with Crippen LogP contribution in [0.2, 0.25) is 5.02 Å². The maximum absolute atomic E-state index is 13.3. The summed E-state index contributed by atoms with van der Waals surface area (Å²) in [6, 6.07) is 13.9. The van der Waals surface area contributed by atoms with E-state index in [1.807, 2.05) is 43.3 Å². The molecule has 0 atom stereocenters. The van der Waals surface area contributed by atoms with Crippen molar-refractivity contribution in [1.29, 1.82) is 0 Å². The van der Waals surface area contributed by atoms with Gasteiger partial charge in [-0.25, -0.2) is 4.39 Å². The summed E-state index contributed by atoms with van der Waals surface area (Å²) in [5.41, 5.74) is 2.45. The normalized spacial score (nSPS) is 16.8. The molecule has 0 aromatic heterocycles. The molecule has 1 amide bonds. The van der Waals surface area contributed by atoms with Crippen LogP contribution in [0.5, 0.6) is 0 Å². The van der Waals surface area contributed by atoms with E-state index in [0.29, 0.717) is 14.9 Å². The van der Waals surface area contributed by atoms with Crippen LogP contribution in [0, 0.1) is 5.82 Å². The van der Waals surface area contributed by atoms with Crippen LogP contribution in [0.25, 0.3) is 6.08 Å². The summed E-state index contributed by atoms with van der Waals surface area (Å²) in [7, 11) is 0. The SMILES string of the molecule is CC(=C/c1ccccc1)/C=C1\SC(=S)N(c2ccc(F)c(Cl)c2)C1=O. The molecule has 0 radical (unpaired) electrons. The maximum Gasteiger partial charge on any atom is 0.270 e. The molecule has 0 aliphatic carbocycles. The van der Waals surface area contributed by atoms with E-state index in [1.54, 1.807) is 6.08 Å². The number of thiocarbonyl (C=S) groups is 1. The van der Waals surface area contributed by atoms with E-state index in [9.17, 15) is 9.18 Å². The van der Waals surface area contributed by atoms with Gasteiger partial charge in [0.15, 0.2) is 4.32 Å². The molecule has 1 aliphatic rings. The highest BCUT2D eigenvalue weighted by molar-refractivity contribution is 8.27. The fourth-order valence-electron chi connectivity index (χ4n) is 2.38. The van der Waals surface area contributed by atoms with Crippen LogP contribution >= 0.6 is 35.6 Å². The van der Waals surface area contributed by atoms with E-state index < -0.39 is 5.82 Å². The van der Waals surface area contributed by atoms with Crippen LogP contribution in [-0.2, 0) is 4.79 Å². The molecule has 0 saturated carbocycles. The van der Waals surface area contributed by atoms with Gasteiger partial charge in [-0.05, 0) is 42.3 Å². The fourth-order valence-corrected chi connectivity index (χ4v) is 3.90. The highest BCUT2D eigenvalue weighted by atomic mass is 35.5. The highest BCUT2D eigenvalue weighted by Gasteiger charge is 2.33. The third kappa shape index (κ3) is 4.00. The number of carbonyl (C=O) groups is 1. The first-order chi connectivity index (χ1) is 12.0. The van der Waals surface area contributed by atoms with Crippen molar-refractivity contribution in [2.24, 2.45) is 0 Å². The maximum atomic E-state index is 13.3. The van der Waals surface area contributed by atoms with Crippen LogP contribution < -0.4 is 4.90 Å². The quantitative estimate of drug-likeness (QED) is 0.486. The van der Waals surface area contributed by atoms with E-state index in [1.165, 1.54) is 34.9 Å². The molecule has 0 N–H and O–H groups in total. The predicted octanol–water partition coefficient (Wildman–Crippen LogP) is 5.83. The second kappa shape index (κ2) is 7.52. The third-order valence-electron chi connectivity index (χ3n) is 3.51. The fraction of sp³-hybridized carbons (Fsp3) is 0.0526. The molecule has 0 unspecified atom stereocenters. The molecule has 2 aromatic carbocycles. The molecule has 1 heterocycles. The zero-order valence-corrected chi connectivity index (χ0v) is 15.6. The number of hydrogen-bond acceptors (Lipinski definition) is 3. The highest BCUT2D eigenvalue weighted by Crippen LogP contribution is 2.36. The molecular formula is C19H13ClFNOS2. The van der Waals surface area contributed by atoms with E-state index in [4.69, 9.17) is 23.8 Å². The second-order valence-electron chi connectivity index (χ2n) is 5.41. The molecule has 1 saturated heterocycles. The van der Waals surface area contributed by atoms with Crippen molar-refractivity contribution in [2.75, 3.05) is 4.90 Å². The number of nitrogens with zero attached hydrogens (tertiary/aromatic N) is 1. The van der Waals surface area contributed by atoms with E-state index in [2.05, 4.69) is 0 Å². The van der Waals surface area contributed by atoms with Crippen LogP contribution in [0.3, 0.4) is 0 Å². The summed E-state index contributed by atoms with van der Waals surface area (Å²) < 4.78 is 13.7. The zero-order valence-electron chi connectivity index (χ0n) is 13.2. The number of thioether (sulfide) groups is 1. The average molecular weight is 390 g/mol. The second-order valence-corrected chi connectivity index (χ2v) is 7.50. The Morgan fingerprint density at radius 1 is 1.24 bits per heavy atom. The lowest BCUT2D eigenvalue weighted by molar-refractivity contribution is -0.113. The molecule has 1 fully saturated rings. The predicted molar refractivity (Wildman–Crippen MR) is 107 cm³/mol. The van der Waals surface area contributed by atoms with Crippen LogP contribution in [0.4, 0.5) is 10.1 Å². The number of carbonyl (C=O) groups excluding carboxylic acids is 1. The largest absolute Gasteiger partial charge is 0.270 e. The molecule has 3 rings (SSSR count). The summed E-state index contributed by atoms with van der Waals surface area (Å²) in [6.45, 7) is 1.92. The Morgan fingerprint density at radius 3 is 2.64 bits per heavy atom. The molecule has 1 aliphatic heterocycles. The molecular weight excluding hydrogens is 377 g/mol. The van der Waals surface area contributed by atoms with E-state index in [-0.39, 0.29) is 10.9 Å². The van der Waals surface area contributed by atoms with Crippen molar-refractivity contribution in [2.45, 2.75) is 6.92 Å². The summed E-state index contributed by atoms with van der Waals surface area (Å²) in [5.74, 6) is -0.772. The van der Waals surface area contributed by atoms with Gasteiger partial charge < -0.3 is 0 Å². The van der Waals surface area contributed by atoms with Crippen LogP contribution in [0.15, 0.2) is 65.1 Å². The first-order valence-corrected chi connectivity index (χ1v) is 9.02. The number of anilines is 1. The number of hydrogen-bond donors (Lipinski definition) is 0. The van der Waals surface area contributed by atoms with E-state index in [0.717, 1.165) is 11.1 Å². The molecule has 2 aromatic rings. The van der Waals surface area contributed by atoms with Crippen LogP contribution in [-0.4, -0.2) is 10.2 Å². The Balaban J connectivity index is 1.88. The van der Waals surface area contributed by atoms with Gasteiger partial charge in [0.1, 0.15) is 5.82 Å². The van der Waals surface area contributed by atoms with Gasteiger partial charge in [-0.3, -0.25) is 9.69 Å². The van der Waals surface area contributed by atoms with Gasteiger partial charge in [-0.1, -0.05) is 72.0 Å². The Kier molecular flexibility index (Phi) is 5.37. The lowest BCUT2D eigenvalue weighted by Crippen LogP contribution is -2.27. The molecule has 126 valence electrons. The average Bonchev–Trinajstić information content (AvgIpc) is 2.85. The number of amides is 1. The monoisotopic (exact) mass is 389 g/mol. The number of rotatable bonds is 3. The minimum atomic E-state index is -0.534. The van der Waals surface area contributed by atoms with Gasteiger partial charge in [-0.15, -0.1) is 0 Å². The van der Waals surface area contributed by atoms with Gasteiger partial charge in [0.25, 0.3) is 5.91 Å². The van der Waals surface area contributed by atoms with Crippen LogP contribution in [0.1, 0.15) is 12.5 Å². The zero-order chi connectivity index (χ0) is 18.0. The minimum Gasteiger partial charge on any atom is -0.268 e. The molecule has 25 heavy (non-hydrogen) atoms. The Hall–Kier alpha value is -1.95. The van der Waals surface area contributed by atoms with Gasteiger partial charge >= 0.3 is 0 Å². The first kappa shape index (κ1) is 17.9. The lowest BCUT2D eigenvalue weighted by atomic mass is 10.1. The smallest absolute Gasteiger partial charge is 0.268 e. The van der Waals surface area contributed by atoms with Crippen molar-refractivity contribution in [3.8, 4) is 0 Å². The Bertz CT molecular complexity index is 909. The number of halogens is 2. The summed E-state index contributed by atoms with van der Waals surface area (Å²) in [5, 5.41) is -0.0457. The Labute approximate surface area is 160 Å². The summed E-state index contributed by atoms with van der Waals surface area (Å²) >= 11 is 12.3. The molecule has 2 nitrogen and oxygen atoms in total. The standard InChI is InChI=1S/C19H13ClFNOS2/c1-12(9-13-5-3-2-4-6-13)10-17-18(23)22(19(24)25-17)14-7-8-16(21)15(20)11-14/h2-11H,1H3/b12-9-,17-10-. The van der Waals surface area contributed by atoms with Crippen molar-refractivity contribution in [3.63, 3.8) is 0 Å². The summed E-state index contributed by atoms with van der Waals surface area (Å²) in [6.07, 6.45) is 3.79. The third-order valence-corrected chi connectivity index (χ3v) is 5.10. The lowest BCUT2D eigenvalue weighted by Gasteiger charge is -2.14. The molecule has 0 bridgehead atoms. The molecule has 0 spiro atoms. The topological polar surface area (TPSA) is 20.3 Å². The van der Waals surface area contributed by atoms with Gasteiger partial charge in [0, 0.05) is 0 Å².